The molecule has 2 atom stereocenters. The van der Waals surface area contributed by atoms with Crippen molar-refractivity contribution in [3.05, 3.63) is 24.3 Å². The Morgan fingerprint density at radius 1 is 0.500 bits per heavy atom. The summed E-state index contributed by atoms with van der Waals surface area (Å²) in [7, 11) is 5.96. The van der Waals surface area contributed by atoms with Crippen LogP contribution in [-0.2, 0) is 33.3 Å². The van der Waals surface area contributed by atoms with Crippen molar-refractivity contribution in [1.29, 1.82) is 0 Å². The molecule has 9 nitrogen and oxygen atoms in total. The number of carboxylic acids is 1. The number of likely N-dealkylation sites (N-methyl/N-ethyl adjacent to an activating group) is 1. The first kappa shape index (κ1) is 57.8. The Bertz CT molecular complexity index is 1040. The minimum absolute atomic E-state index is 0.178. The van der Waals surface area contributed by atoms with E-state index in [0.29, 0.717) is 17.4 Å². The molecule has 0 rings (SSSR count). The van der Waals surface area contributed by atoms with Crippen LogP contribution in [0.25, 0.3) is 0 Å². The molecule has 0 fully saturated rings. The van der Waals surface area contributed by atoms with Crippen molar-refractivity contribution >= 4 is 17.9 Å². The smallest absolute Gasteiger partial charge is 0.361 e. The second kappa shape index (κ2) is 43.4. The minimum atomic E-state index is -1.50. The van der Waals surface area contributed by atoms with Crippen molar-refractivity contribution in [3.8, 4) is 0 Å². The van der Waals surface area contributed by atoms with Gasteiger partial charge in [-0.2, -0.15) is 0 Å². The molecule has 0 bridgehead atoms. The van der Waals surface area contributed by atoms with Crippen LogP contribution in [0.2, 0.25) is 0 Å². The van der Waals surface area contributed by atoms with Crippen LogP contribution in [0.4, 0.5) is 0 Å². The lowest BCUT2D eigenvalue weighted by molar-refractivity contribution is -0.870. The highest BCUT2D eigenvalue weighted by Crippen LogP contribution is 2.16. The van der Waals surface area contributed by atoms with Gasteiger partial charge < -0.3 is 28.5 Å². The summed E-state index contributed by atoms with van der Waals surface area (Å²) in [5, 5.41) is 9.63. The number of ether oxygens (including phenoxy) is 4. The first-order valence-electron chi connectivity index (χ1n) is 25.0. The summed E-state index contributed by atoms with van der Waals surface area (Å²) in [6.07, 6.45) is 45.5. The highest BCUT2D eigenvalue weighted by Gasteiger charge is 2.25. The van der Waals surface area contributed by atoms with Crippen molar-refractivity contribution in [2.45, 2.75) is 238 Å². The van der Waals surface area contributed by atoms with E-state index in [9.17, 15) is 19.5 Å². The van der Waals surface area contributed by atoms with Crippen LogP contribution in [0, 0.1) is 0 Å². The molecule has 60 heavy (non-hydrogen) atoms. The maximum atomic E-state index is 12.8. The fourth-order valence-electron chi connectivity index (χ4n) is 7.04. The molecule has 0 aliphatic heterocycles. The average Bonchev–Trinajstić information content (AvgIpc) is 3.21. The fourth-order valence-corrected chi connectivity index (χ4v) is 7.04. The summed E-state index contributed by atoms with van der Waals surface area (Å²) < 4.78 is 22.7. The molecule has 0 amide bonds. The molecular weight excluding hydrogens is 755 g/mol. The van der Waals surface area contributed by atoms with Gasteiger partial charge in [0.1, 0.15) is 13.2 Å². The third-order valence-electron chi connectivity index (χ3n) is 11.0. The SMILES string of the molecule is CCCCCCC/C=C\C/C=C\CCCCCCCCCCCCCCCCCC(=O)OC(COC(=O)CCCCCCCCCC)COC(OCC[N+](C)(C)C)C(=O)O. The predicted molar refractivity (Wildman–Crippen MR) is 249 cm³/mol. The zero-order valence-electron chi connectivity index (χ0n) is 39.9. The Morgan fingerprint density at radius 3 is 1.32 bits per heavy atom. The van der Waals surface area contributed by atoms with E-state index in [1.54, 1.807) is 0 Å². The zero-order valence-corrected chi connectivity index (χ0v) is 39.9. The van der Waals surface area contributed by atoms with Crippen LogP contribution in [0.15, 0.2) is 24.3 Å². The molecule has 0 aromatic heterocycles. The van der Waals surface area contributed by atoms with Gasteiger partial charge in [0.05, 0.1) is 34.4 Å². The Morgan fingerprint density at radius 2 is 0.900 bits per heavy atom. The minimum Gasteiger partial charge on any atom is -0.477 e. The second-order valence-electron chi connectivity index (χ2n) is 18.1. The second-order valence-corrected chi connectivity index (χ2v) is 18.1. The molecule has 0 spiro atoms. The molecule has 2 unspecified atom stereocenters. The van der Waals surface area contributed by atoms with Crippen molar-refractivity contribution in [2.75, 3.05) is 47.5 Å². The van der Waals surface area contributed by atoms with Gasteiger partial charge in [0.25, 0.3) is 6.29 Å². The van der Waals surface area contributed by atoms with Gasteiger partial charge in [0.2, 0.25) is 0 Å². The maximum absolute atomic E-state index is 12.8. The van der Waals surface area contributed by atoms with Gasteiger partial charge in [0, 0.05) is 12.8 Å². The van der Waals surface area contributed by atoms with Crippen LogP contribution in [0.3, 0.4) is 0 Å². The molecular formula is C51H96NO8+. The summed E-state index contributed by atoms with van der Waals surface area (Å²) in [6, 6.07) is 0. The number of carbonyl (C=O) groups is 3. The molecule has 0 saturated carbocycles. The Hall–Kier alpha value is -2.23. The number of rotatable bonds is 46. The molecule has 0 aliphatic rings. The quantitative estimate of drug-likeness (QED) is 0.0212. The van der Waals surface area contributed by atoms with Crippen LogP contribution in [-0.4, -0.2) is 87.4 Å². The molecule has 0 aromatic rings. The van der Waals surface area contributed by atoms with E-state index in [1.165, 1.54) is 154 Å². The first-order valence-corrected chi connectivity index (χ1v) is 25.0. The Balaban J connectivity index is 4.12. The van der Waals surface area contributed by atoms with Crippen LogP contribution < -0.4 is 0 Å². The summed E-state index contributed by atoms with van der Waals surface area (Å²) in [6.45, 7) is 4.84. The van der Waals surface area contributed by atoms with Crippen molar-refractivity contribution < 1.29 is 42.9 Å². The van der Waals surface area contributed by atoms with Crippen LogP contribution in [0.5, 0.6) is 0 Å². The maximum Gasteiger partial charge on any atom is 0.361 e. The van der Waals surface area contributed by atoms with Crippen molar-refractivity contribution in [1.82, 2.24) is 0 Å². The molecule has 0 radical (unpaired) electrons. The molecule has 0 aliphatic carbocycles. The third kappa shape index (κ3) is 43.8. The van der Waals surface area contributed by atoms with Gasteiger partial charge in [-0.25, -0.2) is 4.79 Å². The van der Waals surface area contributed by atoms with E-state index in [4.69, 9.17) is 18.9 Å². The first-order chi connectivity index (χ1) is 29.1. The third-order valence-corrected chi connectivity index (χ3v) is 11.0. The van der Waals surface area contributed by atoms with Gasteiger partial charge in [-0.05, 0) is 44.9 Å². The lowest BCUT2D eigenvalue weighted by Crippen LogP contribution is -2.40. The zero-order chi connectivity index (χ0) is 44.2. The van der Waals surface area contributed by atoms with Gasteiger partial charge in [-0.15, -0.1) is 0 Å². The monoisotopic (exact) mass is 851 g/mol. The summed E-state index contributed by atoms with van der Waals surface area (Å²) in [5.74, 6) is -2.00. The normalized spacial score (nSPS) is 13.0. The van der Waals surface area contributed by atoms with Gasteiger partial charge in [0.15, 0.2) is 6.10 Å². The standard InChI is InChI=1S/C51H95NO8/c1-6-8-10-12-14-16-17-18-19-20-21-22-23-24-25-26-27-28-29-30-31-32-33-34-36-38-40-42-49(54)60-47(46-59-51(50(55)56)57-44-43-52(3,4)5)45-58-48(53)41-39-37-35-15-13-11-9-7-2/h17-18,20-21,47,51H,6-16,19,22-46H2,1-5H3/p+1/b18-17-,21-20-. The molecule has 9 heteroatoms. The van der Waals surface area contributed by atoms with Gasteiger partial charge in [-0.1, -0.05) is 192 Å². The number of quaternary nitrogens is 1. The number of aliphatic carboxylic acids is 1. The number of carbonyl (C=O) groups excluding carboxylic acids is 2. The number of nitrogens with zero attached hydrogens (tertiary/aromatic N) is 1. The number of carboxylic acid groups (broad SMARTS) is 1. The molecule has 1 N–H and O–H groups in total. The predicted octanol–water partition coefficient (Wildman–Crippen LogP) is 13.6. The van der Waals surface area contributed by atoms with Crippen LogP contribution in [0.1, 0.15) is 226 Å². The molecule has 0 aromatic carbocycles. The number of hydrogen-bond donors (Lipinski definition) is 1. The van der Waals surface area contributed by atoms with E-state index < -0.39 is 24.3 Å². The van der Waals surface area contributed by atoms with Crippen molar-refractivity contribution in [2.24, 2.45) is 0 Å². The van der Waals surface area contributed by atoms with E-state index in [0.717, 1.165) is 44.9 Å². The molecule has 352 valence electrons. The number of esters is 2. The number of unbranched alkanes of at least 4 members (excludes halogenated alkanes) is 27. The van der Waals surface area contributed by atoms with E-state index >= 15 is 0 Å². The Labute approximate surface area is 369 Å². The highest BCUT2D eigenvalue weighted by atomic mass is 16.7. The Kier molecular flexibility index (Phi) is 41.8. The summed E-state index contributed by atoms with van der Waals surface area (Å²) in [5.41, 5.74) is 0. The van der Waals surface area contributed by atoms with Crippen molar-refractivity contribution in [3.63, 3.8) is 0 Å². The lowest BCUT2D eigenvalue weighted by Gasteiger charge is -2.25. The summed E-state index contributed by atoms with van der Waals surface area (Å²) in [4.78, 5) is 37.0. The number of allylic oxidation sites excluding steroid dienone is 4. The highest BCUT2D eigenvalue weighted by molar-refractivity contribution is 5.71. The summed E-state index contributed by atoms with van der Waals surface area (Å²) >= 11 is 0. The largest absolute Gasteiger partial charge is 0.477 e. The average molecular weight is 851 g/mol. The molecule has 0 heterocycles. The topological polar surface area (TPSA) is 108 Å². The fraction of sp³-hybridized carbons (Fsp3) is 0.863. The number of hydrogen-bond acceptors (Lipinski definition) is 7. The van der Waals surface area contributed by atoms with Crippen LogP contribution >= 0.6 is 0 Å². The van der Waals surface area contributed by atoms with E-state index in [1.807, 2.05) is 21.1 Å². The van der Waals surface area contributed by atoms with Gasteiger partial charge >= 0.3 is 17.9 Å². The molecule has 0 saturated heterocycles. The van der Waals surface area contributed by atoms with Gasteiger partial charge in [-0.3, -0.25) is 9.59 Å². The van der Waals surface area contributed by atoms with E-state index in [-0.39, 0.29) is 32.2 Å². The lowest BCUT2D eigenvalue weighted by atomic mass is 10.0. The van der Waals surface area contributed by atoms with E-state index in [2.05, 4.69) is 38.2 Å².